The number of ether oxygens (including phenoxy) is 2. The normalized spacial score (nSPS) is 26.5. The smallest absolute Gasteiger partial charge is 0.328 e. The fourth-order valence-corrected chi connectivity index (χ4v) is 2.84. The van der Waals surface area contributed by atoms with Crippen LogP contribution in [0, 0.1) is 10.4 Å². The summed E-state index contributed by atoms with van der Waals surface area (Å²) in [6, 6.07) is -1.77. The second-order valence-electron chi connectivity index (χ2n) is 6.95. The maximum absolute atomic E-state index is 12.7. The van der Waals surface area contributed by atoms with E-state index in [1.54, 1.807) is 0 Å². The predicted octanol–water partition coefficient (Wildman–Crippen LogP) is -2.02. The summed E-state index contributed by atoms with van der Waals surface area (Å²) in [7, 11) is 2.37. The second kappa shape index (κ2) is 9.78. The zero-order chi connectivity index (χ0) is 21.5. The van der Waals surface area contributed by atoms with E-state index in [1.807, 2.05) is 0 Å². The van der Waals surface area contributed by atoms with Crippen molar-refractivity contribution < 1.29 is 37.9 Å². The molecule has 0 aromatic rings. The van der Waals surface area contributed by atoms with Crippen molar-refractivity contribution in [3.8, 4) is 0 Å². The van der Waals surface area contributed by atoms with Gasteiger partial charge in [0.2, 0.25) is 0 Å². The van der Waals surface area contributed by atoms with Crippen molar-refractivity contribution in [1.82, 2.24) is 10.6 Å². The number of rotatable bonds is 8. The molecule has 0 aromatic carbocycles. The lowest BCUT2D eigenvalue weighted by Crippen LogP contribution is -2.66. The standard InChI is InChI=1S/C16H28N4O8/c1-11(15(23)27-3)17-13(21)9-19(25)5-7-20(26,8-6-19)10-14(22)18-12(2)16(24)28-4/h11-12H,5-10H2,1-4H3,(H,17,21)(H,18,22)/t11-,12-,19?,20?/m0/s1. The van der Waals surface area contributed by atoms with Crippen molar-refractivity contribution in [2.45, 2.75) is 25.9 Å². The minimum absolute atomic E-state index is 0.149. The van der Waals surface area contributed by atoms with Gasteiger partial charge in [-0.1, -0.05) is 0 Å². The third kappa shape index (κ3) is 7.03. The molecule has 2 N–H and O–H groups in total. The molecule has 2 amide bonds. The number of hydrogen-bond donors (Lipinski definition) is 2. The predicted molar refractivity (Wildman–Crippen MR) is 95.7 cm³/mol. The number of quaternary nitrogens is 2. The van der Waals surface area contributed by atoms with E-state index in [-0.39, 0.29) is 26.2 Å². The number of hydroxylamine groups is 6. The van der Waals surface area contributed by atoms with Crippen molar-refractivity contribution in [1.29, 1.82) is 0 Å². The molecule has 0 saturated carbocycles. The van der Waals surface area contributed by atoms with E-state index in [2.05, 4.69) is 20.1 Å². The molecular formula is C16H28N4O8. The molecule has 1 fully saturated rings. The van der Waals surface area contributed by atoms with Gasteiger partial charge in [-0.15, -0.1) is 0 Å². The van der Waals surface area contributed by atoms with E-state index in [0.29, 0.717) is 0 Å². The second-order valence-corrected chi connectivity index (χ2v) is 6.95. The van der Waals surface area contributed by atoms with Crippen molar-refractivity contribution >= 4 is 23.8 Å². The number of carbonyl (C=O) groups is 4. The van der Waals surface area contributed by atoms with Gasteiger partial charge in [-0.05, 0) is 13.8 Å². The molecule has 0 aromatic heterocycles. The zero-order valence-corrected chi connectivity index (χ0v) is 16.6. The minimum Gasteiger partial charge on any atom is -0.632 e. The highest BCUT2D eigenvalue weighted by Gasteiger charge is 2.36. The van der Waals surface area contributed by atoms with Crippen LogP contribution in [-0.2, 0) is 28.7 Å². The van der Waals surface area contributed by atoms with Crippen LogP contribution in [0.4, 0.5) is 0 Å². The number of nitrogens with zero attached hydrogens (tertiary/aromatic N) is 2. The topological polar surface area (TPSA) is 157 Å². The van der Waals surface area contributed by atoms with Gasteiger partial charge in [-0.25, -0.2) is 9.59 Å². The quantitative estimate of drug-likeness (QED) is 0.267. The Labute approximate surface area is 163 Å². The summed E-state index contributed by atoms with van der Waals surface area (Å²) in [6.45, 7) is 1.39. The Bertz CT molecular complexity index is 551. The van der Waals surface area contributed by atoms with Gasteiger partial charge < -0.3 is 39.8 Å². The lowest BCUT2D eigenvalue weighted by Gasteiger charge is -2.53. The first kappa shape index (κ1) is 23.8. The Hall–Kier alpha value is -2.28. The van der Waals surface area contributed by atoms with Crippen LogP contribution in [-0.4, -0.2) is 98.6 Å². The number of carbonyl (C=O) groups excluding carboxylic acids is 4. The first-order chi connectivity index (χ1) is 12.9. The van der Waals surface area contributed by atoms with Gasteiger partial charge >= 0.3 is 11.9 Å². The SMILES string of the molecule is COC(=O)[C@H](C)NC(=O)C[N+]1([O-])CC[N+]([O-])(CC(=O)N[C@@H](C)C(=O)OC)CC1. The van der Waals surface area contributed by atoms with E-state index in [0.717, 1.165) is 0 Å². The van der Waals surface area contributed by atoms with Gasteiger partial charge in [-0.3, -0.25) is 9.59 Å². The average Bonchev–Trinajstić information content (AvgIpc) is 2.62. The van der Waals surface area contributed by atoms with Crippen LogP contribution >= 0.6 is 0 Å². The van der Waals surface area contributed by atoms with Crippen molar-refractivity contribution in [2.24, 2.45) is 0 Å². The van der Waals surface area contributed by atoms with Crippen molar-refractivity contribution in [3.63, 3.8) is 0 Å². The number of esters is 2. The summed E-state index contributed by atoms with van der Waals surface area (Å²) in [5, 5.41) is 30.1. The summed E-state index contributed by atoms with van der Waals surface area (Å²) >= 11 is 0. The summed E-state index contributed by atoms with van der Waals surface area (Å²) in [5.74, 6) is -2.51. The Kier molecular flexibility index (Phi) is 8.29. The van der Waals surface area contributed by atoms with E-state index in [4.69, 9.17) is 0 Å². The first-order valence-corrected chi connectivity index (χ1v) is 8.82. The monoisotopic (exact) mass is 404 g/mol. The number of amides is 2. The largest absolute Gasteiger partial charge is 0.632 e. The van der Waals surface area contributed by atoms with Gasteiger partial charge in [0.1, 0.15) is 38.3 Å². The maximum atomic E-state index is 12.7. The lowest BCUT2D eigenvalue weighted by molar-refractivity contribution is -0.982. The van der Waals surface area contributed by atoms with Crippen LogP contribution in [0.15, 0.2) is 0 Å². The van der Waals surface area contributed by atoms with Crippen LogP contribution in [0.3, 0.4) is 0 Å². The van der Waals surface area contributed by atoms with Gasteiger partial charge in [0, 0.05) is 0 Å². The highest BCUT2D eigenvalue weighted by Crippen LogP contribution is 2.17. The Morgan fingerprint density at radius 3 is 1.32 bits per heavy atom. The van der Waals surface area contributed by atoms with Crippen LogP contribution < -0.4 is 10.6 Å². The van der Waals surface area contributed by atoms with E-state index < -0.39 is 58.2 Å². The maximum Gasteiger partial charge on any atom is 0.328 e. The summed E-state index contributed by atoms with van der Waals surface area (Å²) in [5.41, 5.74) is 0. The molecule has 0 unspecified atom stereocenters. The number of nitrogens with one attached hydrogen (secondary N) is 2. The van der Waals surface area contributed by atoms with Gasteiger partial charge in [0.05, 0.1) is 14.2 Å². The van der Waals surface area contributed by atoms with Crippen LogP contribution in [0.25, 0.3) is 0 Å². The average molecular weight is 404 g/mol. The van der Waals surface area contributed by atoms with Crippen LogP contribution in [0.2, 0.25) is 0 Å². The fraction of sp³-hybridized carbons (Fsp3) is 0.750. The fourth-order valence-electron chi connectivity index (χ4n) is 2.84. The van der Waals surface area contributed by atoms with E-state index in [1.165, 1.54) is 28.1 Å². The molecule has 12 heteroatoms. The Morgan fingerprint density at radius 1 is 0.786 bits per heavy atom. The molecule has 0 spiro atoms. The minimum atomic E-state index is -0.915. The van der Waals surface area contributed by atoms with Gasteiger partial charge in [0.15, 0.2) is 13.1 Å². The molecule has 1 aliphatic rings. The lowest BCUT2D eigenvalue weighted by atomic mass is 10.2. The zero-order valence-electron chi connectivity index (χ0n) is 16.6. The summed E-state index contributed by atoms with van der Waals surface area (Å²) < 4.78 is 7.16. The highest BCUT2D eigenvalue weighted by molar-refractivity contribution is 5.85. The summed E-state index contributed by atoms with van der Waals surface area (Å²) in [4.78, 5) is 46.6. The number of hydrogen-bond acceptors (Lipinski definition) is 8. The first-order valence-electron chi connectivity index (χ1n) is 8.82. The molecule has 2 atom stereocenters. The van der Waals surface area contributed by atoms with E-state index in [9.17, 15) is 29.6 Å². The third-order valence-electron chi connectivity index (χ3n) is 4.56. The molecule has 12 nitrogen and oxygen atoms in total. The number of methoxy groups -OCH3 is 2. The molecular weight excluding hydrogens is 376 g/mol. The van der Waals surface area contributed by atoms with Gasteiger partial charge in [0.25, 0.3) is 11.8 Å². The number of piperazine rings is 1. The molecule has 28 heavy (non-hydrogen) atoms. The Morgan fingerprint density at radius 2 is 1.07 bits per heavy atom. The van der Waals surface area contributed by atoms with Crippen LogP contribution in [0.1, 0.15) is 13.8 Å². The van der Waals surface area contributed by atoms with Crippen molar-refractivity contribution in [3.05, 3.63) is 10.4 Å². The molecule has 0 radical (unpaired) electrons. The highest BCUT2D eigenvalue weighted by atomic mass is 16.6. The van der Waals surface area contributed by atoms with E-state index >= 15 is 0 Å². The van der Waals surface area contributed by atoms with Crippen LogP contribution in [0.5, 0.6) is 0 Å². The van der Waals surface area contributed by atoms with Crippen molar-refractivity contribution in [2.75, 3.05) is 53.5 Å². The molecule has 1 aliphatic heterocycles. The third-order valence-corrected chi connectivity index (χ3v) is 4.56. The molecule has 160 valence electrons. The Balaban J connectivity index is 2.53. The summed E-state index contributed by atoms with van der Waals surface area (Å²) in [6.07, 6.45) is 0. The molecule has 0 aliphatic carbocycles. The van der Waals surface area contributed by atoms with Gasteiger partial charge in [-0.2, -0.15) is 0 Å². The molecule has 1 rings (SSSR count). The molecule has 1 saturated heterocycles. The molecule has 1 heterocycles. The molecule has 0 bridgehead atoms.